The predicted octanol–water partition coefficient (Wildman–Crippen LogP) is 3.63. The van der Waals surface area contributed by atoms with Crippen molar-refractivity contribution in [2.45, 2.75) is 19.4 Å². The number of thiocarbonyl (C=S) groups is 1. The number of hydrogen-bond acceptors (Lipinski definition) is 5. The lowest BCUT2D eigenvalue weighted by Gasteiger charge is -2.23. The Morgan fingerprint density at radius 1 is 1.42 bits per heavy atom. The van der Waals surface area contributed by atoms with Gasteiger partial charge in [0.15, 0.2) is 0 Å². The highest BCUT2D eigenvalue weighted by Crippen LogP contribution is 2.35. The lowest BCUT2D eigenvalue weighted by molar-refractivity contribution is -0.122. The van der Waals surface area contributed by atoms with Crippen LogP contribution in [0.3, 0.4) is 0 Å². The second-order valence-corrected chi connectivity index (χ2v) is 7.30. The van der Waals surface area contributed by atoms with E-state index in [-0.39, 0.29) is 12.0 Å². The topological polar surface area (TPSA) is 38.8 Å². The average molecular weight is 361 g/mol. The van der Waals surface area contributed by atoms with Gasteiger partial charge in [-0.15, -0.1) is 0 Å². The zero-order valence-electron chi connectivity index (χ0n) is 13.7. The van der Waals surface area contributed by atoms with E-state index in [1.807, 2.05) is 37.3 Å². The summed E-state index contributed by atoms with van der Waals surface area (Å²) in [4.78, 5) is 14.9. The standard InChI is InChI=1S/C18H19NO3S2/c1-12-14(10-13-6-3-4-7-15(13)22-12)11-16-17(20)19(18(23)24-16)8-5-9-21-2/h3-4,6-7,10-12H,5,8-9H2,1-2H3/b16-11-. The molecule has 6 heteroatoms. The summed E-state index contributed by atoms with van der Waals surface area (Å²) in [5.41, 5.74) is 2.00. The van der Waals surface area contributed by atoms with Crippen molar-refractivity contribution in [2.24, 2.45) is 0 Å². The van der Waals surface area contributed by atoms with E-state index in [2.05, 4.69) is 6.08 Å². The fourth-order valence-corrected chi connectivity index (χ4v) is 3.94. The molecule has 3 rings (SSSR count). The van der Waals surface area contributed by atoms with Gasteiger partial charge < -0.3 is 9.47 Å². The number of para-hydroxylation sites is 1. The Bertz CT molecular complexity index is 727. The van der Waals surface area contributed by atoms with Crippen molar-refractivity contribution in [2.75, 3.05) is 20.3 Å². The third-order valence-corrected chi connectivity index (χ3v) is 5.29. The number of carbonyl (C=O) groups excluding carboxylic acids is 1. The largest absolute Gasteiger partial charge is 0.485 e. The minimum atomic E-state index is -0.100. The monoisotopic (exact) mass is 361 g/mol. The predicted molar refractivity (Wildman–Crippen MR) is 101 cm³/mol. The van der Waals surface area contributed by atoms with E-state index in [0.29, 0.717) is 22.4 Å². The van der Waals surface area contributed by atoms with Crippen LogP contribution in [0, 0.1) is 0 Å². The number of rotatable bonds is 5. The van der Waals surface area contributed by atoms with Gasteiger partial charge in [0.25, 0.3) is 5.91 Å². The molecule has 1 saturated heterocycles. The molecule has 0 N–H and O–H groups in total. The Labute approximate surface area is 151 Å². The lowest BCUT2D eigenvalue weighted by Crippen LogP contribution is -2.29. The zero-order valence-corrected chi connectivity index (χ0v) is 15.3. The SMILES string of the molecule is COCCCN1C(=O)/C(=C/C2=Cc3ccccc3OC2C)SC1=S. The molecule has 0 saturated carbocycles. The summed E-state index contributed by atoms with van der Waals surface area (Å²) >= 11 is 6.69. The quantitative estimate of drug-likeness (QED) is 0.455. The molecule has 0 radical (unpaired) electrons. The third-order valence-electron chi connectivity index (χ3n) is 3.92. The number of methoxy groups -OCH3 is 1. The summed E-state index contributed by atoms with van der Waals surface area (Å²) in [5.74, 6) is 0.835. The molecule has 1 aromatic rings. The first kappa shape index (κ1) is 17.2. The molecule has 1 atom stereocenters. The summed E-state index contributed by atoms with van der Waals surface area (Å²) < 4.78 is 11.6. The molecule has 2 aliphatic heterocycles. The van der Waals surface area contributed by atoms with Crippen molar-refractivity contribution in [3.63, 3.8) is 0 Å². The Morgan fingerprint density at radius 3 is 3.00 bits per heavy atom. The van der Waals surface area contributed by atoms with Gasteiger partial charge in [-0.2, -0.15) is 0 Å². The Balaban J connectivity index is 1.80. The Kier molecular flexibility index (Phi) is 5.38. The summed E-state index contributed by atoms with van der Waals surface area (Å²) in [6.07, 6.45) is 4.64. The van der Waals surface area contributed by atoms with Crippen LogP contribution >= 0.6 is 24.0 Å². The molecule has 24 heavy (non-hydrogen) atoms. The molecule has 1 unspecified atom stereocenters. The highest BCUT2D eigenvalue weighted by molar-refractivity contribution is 8.26. The van der Waals surface area contributed by atoms with Crippen LogP contribution in [0.1, 0.15) is 18.9 Å². The molecule has 0 spiro atoms. The van der Waals surface area contributed by atoms with Crippen molar-refractivity contribution in [3.05, 3.63) is 46.4 Å². The van der Waals surface area contributed by atoms with Gasteiger partial charge in [0.2, 0.25) is 0 Å². The second kappa shape index (κ2) is 7.51. The zero-order chi connectivity index (χ0) is 17.1. The molecule has 1 aromatic carbocycles. The highest BCUT2D eigenvalue weighted by Gasteiger charge is 2.32. The number of fused-ring (bicyclic) bond motifs is 1. The normalized spacial score (nSPS) is 21.8. The number of amides is 1. The maximum atomic E-state index is 12.6. The summed E-state index contributed by atoms with van der Waals surface area (Å²) in [6, 6.07) is 7.89. The molecule has 0 bridgehead atoms. The van der Waals surface area contributed by atoms with Crippen LogP contribution in [0.2, 0.25) is 0 Å². The minimum absolute atomic E-state index is 0.0342. The molecule has 126 valence electrons. The maximum absolute atomic E-state index is 12.6. The molecule has 0 aromatic heterocycles. The average Bonchev–Trinajstić information content (AvgIpc) is 2.83. The van der Waals surface area contributed by atoms with E-state index in [1.165, 1.54) is 11.8 Å². The van der Waals surface area contributed by atoms with E-state index < -0.39 is 0 Å². The third kappa shape index (κ3) is 3.55. The fourth-order valence-electron chi connectivity index (χ4n) is 2.63. The van der Waals surface area contributed by atoms with Crippen LogP contribution in [0.4, 0.5) is 0 Å². The molecule has 2 heterocycles. The van der Waals surface area contributed by atoms with Gasteiger partial charge in [0, 0.05) is 25.8 Å². The van der Waals surface area contributed by atoms with Crippen molar-refractivity contribution >= 4 is 40.3 Å². The van der Waals surface area contributed by atoms with Gasteiger partial charge in [-0.25, -0.2) is 0 Å². The van der Waals surface area contributed by atoms with Gasteiger partial charge in [-0.1, -0.05) is 42.2 Å². The molecule has 4 nitrogen and oxygen atoms in total. The van der Waals surface area contributed by atoms with Crippen LogP contribution in [0.25, 0.3) is 6.08 Å². The second-order valence-electron chi connectivity index (χ2n) is 5.62. The summed E-state index contributed by atoms with van der Waals surface area (Å²) in [5, 5.41) is 0. The number of ether oxygens (including phenoxy) is 2. The number of hydrogen-bond donors (Lipinski definition) is 0. The van der Waals surface area contributed by atoms with Gasteiger partial charge in [0.05, 0.1) is 4.91 Å². The molecule has 1 amide bonds. The highest BCUT2D eigenvalue weighted by atomic mass is 32.2. The molecule has 1 fully saturated rings. The fraction of sp³-hybridized carbons (Fsp3) is 0.333. The van der Waals surface area contributed by atoms with Crippen molar-refractivity contribution in [1.82, 2.24) is 4.90 Å². The Hall–Kier alpha value is -1.63. The van der Waals surface area contributed by atoms with Gasteiger partial charge in [0.1, 0.15) is 16.2 Å². The molecule has 2 aliphatic rings. The van der Waals surface area contributed by atoms with Crippen molar-refractivity contribution in [3.8, 4) is 5.75 Å². The van der Waals surface area contributed by atoms with Crippen LogP contribution < -0.4 is 4.74 Å². The van der Waals surface area contributed by atoms with Crippen LogP contribution in [0.15, 0.2) is 40.8 Å². The molecular formula is C18H19NO3S2. The Morgan fingerprint density at radius 2 is 2.21 bits per heavy atom. The van der Waals surface area contributed by atoms with E-state index in [9.17, 15) is 4.79 Å². The van der Waals surface area contributed by atoms with Gasteiger partial charge >= 0.3 is 0 Å². The van der Waals surface area contributed by atoms with Gasteiger partial charge in [-0.05, 0) is 37.1 Å². The van der Waals surface area contributed by atoms with Crippen LogP contribution in [-0.2, 0) is 9.53 Å². The number of benzene rings is 1. The van der Waals surface area contributed by atoms with Crippen molar-refractivity contribution in [1.29, 1.82) is 0 Å². The van der Waals surface area contributed by atoms with E-state index in [0.717, 1.165) is 23.3 Å². The van der Waals surface area contributed by atoms with Crippen molar-refractivity contribution < 1.29 is 14.3 Å². The van der Waals surface area contributed by atoms with Crippen LogP contribution in [-0.4, -0.2) is 41.5 Å². The molecular weight excluding hydrogens is 342 g/mol. The van der Waals surface area contributed by atoms with E-state index in [1.54, 1.807) is 12.0 Å². The van der Waals surface area contributed by atoms with Crippen LogP contribution in [0.5, 0.6) is 5.75 Å². The summed E-state index contributed by atoms with van der Waals surface area (Å²) in [7, 11) is 1.65. The smallest absolute Gasteiger partial charge is 0.266 e. The number of carbonyl (C=O) groups is 1. The maximum Gasteiger partial charge on any atom is 0.266 e. The first-order chi connectivity index (χ1) is 11.6. The number of thioether (sulfide) groups is 1. The van der Waals surface area contributed by atoms with E-state index in [4.69, 9.17) is 21.7 Å². The lowest BCUT2D eigenvalue weighted by atomic mass is 10.0. The molecule has 0 aliphatic carbocycles. The first-order valence-electron chi connectivity index (χ1n) is 7.81. The van der Waals surface area contributed by atoms with Gasteiger partial charge in [-0.3, -0.25) is 9.69 Å². The summed E-state index contributed by atoms with van der Waals surface area (Å²) in [6.45, 7) is 3.18. The first-order valence-corrected chi connectivity index (χ1v) is 9.04. The minimum Gasteiger partial charge on any atom is -0.485 e. The van der Waals surface area contributed by atoms with E-state index >= 15 is 0 Å². The number of nitrogens with zero attached hydrogens (tertiary/aromatic N) is 1.